The molecule has 0 spiro atoms. The van der Waals surface area contributed by atoms with Gasteiger partial charge >= 0.3 is 6.03 Å². The van der Waals surface area contributed by atoms with E-state index in [4.69, 9.17) is 0 Å². The van der Waals surface area contributed by atoms with Gasteiger partial charge in [0.25, 0.3) is 0 Å². The summed E-state index contributed by atoms with van der Waals surface area (Å²) >= 11 is 1.68. The molecule has 0 aromatic carbocycles. The van der Waals surface area contributed by atoms with Crippen LogP contribution in [-0.4, -0.2) is 28.2 Å². The third kappa shape index (κ3) is 5.18. The average Bonchev–Trinajstić information content (AvgIpc) is 3.09. The molecular formula is C16H24N4OS. The number of nitrogens with one attached hydrogen (secondary N) is 2. The number of hydrogen-bond acceptors (Lipinski definition) is 3. The normalized spacial score (nSPS) is 12.9. The molecule has 0 bridgehead atoms. The van der Waals surface area contributed by atoms with Crippen LogP contribution >= 0.6 is 11.3 Å². The second kappa shape index (κ2) is 7.45. The van der Waals surface area contributed by atoms with Crippen LogP contribution in [0.25, 0.3) is 0 Å². The van der Waals surface area contributed by atoms with Crippen molar-refractivity contribution < 1.29 is 4.79 Å². The van der Waals surface area contributed by atoms with E-state index in [1.165, 1.54) is 5.56 Å². The van der Waals surface area contributed by atoms with Gasteiger partial charge in [-0.1, -0.05) is 20.8 Å². The largest absolute Gasteiger partial charge is 0.338 e. The zero-order valence-corrected chi connectivity index (χ0v) is 14.2. The first-order valence-corrected chi connectivity index (χ1v) is 8.40. The van der Waals surface area contributed by atoms with Gasteiger partial charge in [-0.15, -0.1) is 0 Å². The molecule has 2 aromatic rings. The molecule has 120 valence electrons. The summed E-state index contributed by atoms with van der Waals surface area (Å²) in [5.41, 5.74) is 1.23. The summed E-state index contributed by atoms with van der Waals surface area (Å²) in [5.74, 6) is 0. The van der Waals surface area contributed by atoms with Crippen molar-refractivity contribution in [3.05, 3.63) is 41.1 Å². The van der Waals surface area contributed by atoms with Gasteiger partial charge in [-0.05, 0) is 34.2 Å². The summed E-state index contributed by atoms with van der Waals surface area (Å²) in [4.78, 5) is 16.2. The summed E-state index contributed by atoms with van der Waals surface area (Å²) in [6.07, 6.45) is 6.29. The fourth-order valence-electron chi connectivity index (χ4n) is 2.11. The van der Waals surface area contributed by atoms with E-state index in [1.807, 2.05) is 10.8 Å². The molecular weight excluding hydrogens is 296 g/mol. The number of imidazole rings is 1. The maximum absolute atomic E-state index is 12.1. The van der Waals surface area contributed by atoms with Crippen LogP contribution in [0.4, 0.5) is 4.79 Å². The number of aromatic nitrogens is 2. The van der Waals surface area contributed by atoms with Crippen LogP contribution in [0.1, 0.15) is 26.3 Å². The van der Waals surface area contributed by atoms with E-state index in [-0.39, 0.29) is 17.5 Å². The second-order valence-electron chi connectivity index (χ2n) is 6.46. The Hall–Kier alpha value is -1.82. The van der Waals surface area contributed by atoms with Crippen LogP contribution < -0.4 is 10.6 Å². The Morgan fingerprint density at radius 1 is 1.45 bits per heavy atom. The lowest BCUT2D eigenvalue weighted by Crippen LogP contribution is -2.50. The van der Waals surface area contributed by atoms with Crippen molar-refractivity contribution in [2.24, 2.45) is 5.41 Å². The SMILES string of the molecule is CC(C)(C)C(Cn1ccnc1)NC(=O)NCCc1ccsc1. The fraction of sp³-hybridized carbons (Fsp3) is 0.500. The highest BCUT2D eigenvalue weighted by Crippen LogP contribution is 2.20. The molecule has 2 aromatic heterocycles. The number of urea groups is 1. The molecule has 5 nitrogen and oxygen atoms in total. The smallest absolute Gasteiger partial charge is 0.315 e. The third-order valence-electron chi connectivity index (χ3n) is 3.58. The van der Waals surface area contributed by atoms with Gasteiger partial charge in [0.1, 0.15) is 0 Å². The van der Waals surface area contributed by atoms with Gasteiger partial charge in [0, 0.05) is 25.5 Å². The summed E-state index contributed by atoms with van der Waals surface area (Å²) < 4.78 is 1.99. The maximum Gasteiger partial charge on any atom is 0.315 e. The standard InChI is InChI=1S/C16H24N4OS/c1-16(2,3)14(10-20-8-7-17-12-20)19-15(21)18-6-4-13-5-9-22-11-13/h5,7-9,11-12,14H,4,6,10H2,1-3H3,(H2,18,19,21). The van der Waals surface area contributed by atoms with E-state index in [1.54, 1.807) is 23.9 Å². The summed E-state index contributed by atoms with van der Waals surface area (Å²) in [5, 5.41) is 10.2. The molecule has 2 heterocycles. The van der Waals surface area contributed by atoms with Crippen molar-refractivity contribution >= 4 is 17.4 Å². The highest BCUT2D eigenvalue weighted by Gasteiger charge is 2.26. The van der Waals surface area contributed by atoms with Gasteiger partial charge in [0.2, 0.25) is 0 Å². The predicted octanol–water partition coefficient (Wildman–Crippen LogP) is 2.90. The molecule has 0 saturated heterocycles. The average molecular weight is 320 g/mol. The summed E-state index contributed by atoms with van der Waals surface area (Å²) in [6.45, 7) is 7.73. The van der Waals surface area contributed by atoms with Crippen molar-refractivity contribution in [1.82, 2.24) is 20.2 Å². The highest BCUT2D eigenvalue weighted by molar-refractivity contribution is 7.07. The predicted molar refractivity (Wildman–Crippen MR) is 90.0 cm³/mol. The van der Waals surface area contributed by atoms with E-state index < -0.39 is 0 Å². The highest BCUT2D eigenvalue weighted by atomic mass is 32.1. The Balaban J connectivity index is 1.82. The minimum absolute atomic E-state index is 0.0304. The van der Waals surface area contributed by atoms with Crippen LogP contribution in [0, 0.1) is 5.41 Å². The topological polar surface area (TPSA) is 59.0 Å². The number of carbonyl (C=O) groups is 1. The molecule has 1 unspecified atom stereocenters. The Morgan fingerprint density at radius 3 is 2.86 bits per heavy atom. The zero-order chi connectivity index (χ0) is 16.0. The molecule has 2 rings (SSSR count). The third-order valence-corrected chi connectivity index (χ3v) is 4.31. The van der Waals surface area contributed by atoms with E-state index in [0.717, 1.165) is 6.42 Å². The van der Waals surface area contributed by atoms with E-state index in [2.05, 4.69) is 53.2 Å². The first-order chi connectivity index (χ1) is 10.4. The van der Waals surface area contributed by atoms with Crippen molar-refractivity contribution in [2.45, 2.75) is 39.8 Å². The lowest BCUT2D eigenvalue weighted by Gasteiger charge is -2.31. The second-order valence-corrected chi connectivity index (χ2v) is 7.24. The Morgan fingerprint density at radius 2 is 2.27 bits per heavy atom. The minimum Gasteiger partial charge on any atom is -0.338 e. The first kappa shape index (κ1) is 16.5. The number of nitrogens with zero attached hydrogens (tertiary/aromatic N) is 2. The van der Waals surface area contributed by atoms with Gasteiger partial charge in [0.15, 0.2) is 0 Å². The van der Waals surface area contributed by atoms with Crippen molar-refractivity contribution in [2.75, 3.05) is 6.54 Å². The van der Waals surface area contributed by atoms with Gasteiger partial charge in [0.05, 0.1) is 12.4 Å². The molecule has 0 radical (unpaired) electrons. The molecule has 1 atom stereocenters. The van der Waals surface area contributed by atoms with Gasteiger partial charge in [-0.25, -0.2) is 9.78 Å². The number of rotatable bonds is 6. The van der Waals surface area contributed by atoms with E-state index in [9.17, 15) is 4.79 Å². The fourth-order valence-corrected chi connectivity index (χ4v) is 2.81. The minimum atomic E-state index is -0.115. The molecule has 2 amide bonds. The Labute approximate surface area is 135 Å². The van der Waals surface area contributed by atoms with Crippen LogP contribution in [0.2, 0.25) is 0 Å². The molecule has 0 saturated carbocycles. The molecule has 22 heavy (non-hydrogen) atoms. The zero-order valence-electron chi connectivity index (χ0n) is 13.4. The maximum atomic E-state index is 12.1. The molecule has 0 aliphatic carbocycles. The lowest BCUT2D eigenvalue weighted by molar-refractivity contribution is 0.209. The summed E-state index contributed by atoms with van der Waals surface area (Å²) in [6, 6.07) is 2.00. The molecule has 0 fully saturated rings. The monoisotopic (exact) mass is 320 g/mol. The molecule has 0 aliphatic heterocycles. The van der Waals surface area contributed by atoms with Crippen LogP contribution in [0.15, 0.2) is 35.5 Å². The van der Waals surface area contributed by atoms with Crippen molar-refractivity contribution in [3.8, 4) is 0 Å². The molecule has 0 aliphatic rings. The van der Waals surface area contributed by atoms with E-state index >= 15 is 0 Å². The Kier molecular flexibility index (Phi) is 5.60. The van der Waals surface area contributed by atoms with Crippen LogP contribution in [0.3, 0.4) is 0 Å². The van der Waals surface area contributed by atoms with Crippen LogP contribution in [-0.2, 0) is 13.0 Å². The Bertz CT molecular complexity index is 557. The first-order valence-electron chi connectivity index (χ1n) is 7.46. The van der Waals surface area contributed by atoms with Crippen molar-refractivity contribution in [3.63, 3.8) is 0 Å². The molecule has 6 heteroatoms. The van der Waals surface area contributed by atoms with Crippen molar-refractivity contribution in [1.29, 1.82) is 0 Å². The van der Waals surface area contributed by atoms with Gasteiger partial charge in [-0.3, -0.25) is 0 Å². The van der Waals surface area contributed by atoms with Gasteiger partial charge < -0.3 is 15.2 Å². The lowest BCUT2D eigenvalue weighted by atomic mass is 9.86. The number of hydrogen-bond donors (Lipinski definition) is 2. The van der Waals surface area contributed by atoms with Crippen LogP contribution in [0.5, 0.6) is 0 Å². The summed E-state index contributed by atoms with van der Waals surface area (Å²) in [7, 11) is 0. The number of carbonyl (C=O) groups excluding carboxylic acids is 1. The molecule has 2 N–H and O–H groups in total. The van der Waals surface area contributed by atoms with E-state index in [0.29, 0.717) is 13.1 Å². The van der Waals surface area contributed by atoms with Gasteiger partial charge in [-0.2, -0.15) is 11.3 Å². The number of amides is 2. The quantitative estimate of drug-likeness (QED) is 0.860. The number of thiophene rings is 1.